The van der Waals surface area contributed by atoms with Crippen molar-refractivity contribution in [2.75, 3.05) is 32.8 Å². The first kappa shape index (κ1) is 21.1. The Hall–Kier alpha value is -0.660. The van der Waals surface area contributed by atoms with Crippen molar-refractivity contribution < 1.29 is 19.1 Å². The molecule has 2 saturated heterocycles. The van der Waals surface area contributed by atoms with Gasteiger partial charge in [-0.15, -0.1) is 0 Å². The molecule has 3 fully saturated rings. The van der Waals surface area contributed by atoms with Crippen molar-refractivity contribution in [3.8, 4) is 0 Å². The topological polar surface area (TPSA) is 67.9 Å². The maximum absolute atomic E-state index is 12.3. The minimum Gasteiger partial charge on any atom is -0.465 e. The largest absolute Gasteiger partial charge is 0.465 e. The quantitative estimate of drug-likeness (QED) is 0.500. The van der Waals surface area contributed by atoms with Gasteiger partial charge in [0.15, 0.2) is 0 Å². The number of nitrogens with one attached hydrogen (secondary N) is 1. The summed E-state index contributed by atoms with van der Waals surface area (Å²) in [6.07, 6.45) is 5.25. The number of likely N-dealkylation sites (tertiary alicyclic amines) is 1. The Bertz CT molecular complexity index is 532. The maximum Gasteiger partial charge on any atom is 0.323 e. The van der Waals surface area contributed by atoms with Gasteiger partial charge in [0.1, 0.15) is 12.1 Å². The number of ether oxygens (including phenoxy) is 2. The summed E-state index contributed by atoms with van der Waals surface area (Å²) in [7, 11) is 0. The fraction of sp³-hybridized carbons (Fsp3) is 0.900. The molecule has 2 heterocycles. The number of alkyl halides is 1. The minimum absolute atomic E-state index is 0.0858. The third-order valence-electron chi connectivity index (χ3n) is 6.39. The van der Waals surface area contributed by atoms with Crippen LogP contribution in [0.1, 0.15) is 46.0 Å². The van der Waals surface area contributed by atoms with Crippen molar-refractivity contribution in [2.24, 2.45) is 17.8 Å². The number of piperidine rings is 1. The van der Waals surface area contributed by atoms with E-state index >= 15 is 0 Å². The Labute approximate surface area is 170 Å². The molecule has 0 radical (unpaired) electrons. The molecule has 154 valence electrons. The van der Waals surface area contributed by atoms with E-state index in [1.165, 1.54) is 12.8 Å². The fourth-order valence-corrected chi connectivity index (χ4v) is 5.84. The van der Waals surface area contributed by atoms with Crippen LogP contribution in [0.3, 0.4) is 0 Å². The van der Waals surface area contributed by atoms with Crippen LogP contribution < -0.4 is 5.32 Å². The molecule has 27 heavy (non-hydrogen) atoms. The molecule has 0 aromatic rings. The zero-order valence-electron chi connectivity index (χ0n) is 16.5. The van der Waals surface area contributed by atoms with E-state index in [-0.39, 0.29) is 24.0 Å². The predicted molar refractivity (Wildman–Crippen MR) is 107 cm³/mol. The van der Waals surface area contributed by atoms with Crippen molar-refractivity contribution in [3.05, 3.63) is 0 Å². The van der Waals surface area contributed by atoms with Gasteiger partial charge in [0.25, 0.3) is 0 Å². The minimum atomic E-state index is -0.157. The SMILES string of the molecule is CCOC(=O)C1CC2C[C@@H](CN3C[C@@H](Br)C[C@H]3C(=O)OCC)CC[C@H]2CN1. The summed E-state index contributed by atoms with van der Waals surface area (Å²) in [5.74, 6) is 1.62. The third kappa shape index (κ3) is 5.24. The molecule has 6 nitrogen and oxygen atoms in total. The number of hydrogen-bond acceptors (Lipinski definition) is 6. The molecular formula is C20H33BrN2O4. The molecule has 6 atom stereocenters. The fourth-order valence-electron chi connectivity index (χ4n) is 5.11. The van der Waals surface area contributed by atoms with Gasteiger partial charge in [-0.25, -0.2) is 0 Å². The highest BCUT2D eigenvalue weighted by Crippen LogP contribution is 2.40. The number of fused-ring (bicyclic) bond motifs is 1. The normalized spacial score (nSPS) is 36.9. The molecule has 0 spiro atoms. The summed E-state index contributed by atoms with van der Waals surface area (Å²) < 4.78 is 10.5. The number of rotatable bonds is 6. The smallest absolute Gasteiger partial charge is 0.323 e. The highest BCUT2D eigenvalue weighted by molar-refractivity contribution is 9.09. The van der Waals surface area contributed by atoms with Gasteiger partial charge in [-0.2, -0.15) is 0 Å². The average Bonchev–Trinajstić information content (AvgIpc) is 3.02. The number of carbonyl (C=O) groups excluding carboxylic acids is 2. The maximum atomic E-state index is 12.3. The Morgan fingerprint density at radius 2 is 1.78 bits per heavy atom. The zero-order chi connectivity index (χ0) is 19.4. The first-order valence-electron chi connectivity index (χ1n) is 10.5. The summed E-state index contributed by atoms with van der Waals surface area (Å²) in [5.41, 5.74) is 0. The summed E-state index contributed by atoms with van der Waals surface area (Å²) in [6, 6.07) is -0.275. The average molecular weight is 445 g/mol. The highest BCUT2D eigenvalue weighted by Gasteiger charge is 2.41. The molecule has 1 saturated carbocycles. The van der Waals surface area contributed by atoms with E-state index in [0.29, 0.717) is 35.8 Å². The predicted octanol–water partition coefficient (Wildman–Crippen LogP) is 2.34. The summed E-state index contributed by atoms with van der Waals surface area (Å²) >= 11 is 3.69. The van der Waals surface area contributed by atoms with E-state index in [2.05, 4.69) is 26.1 Å². The van der Waals surface area contributed by atoms with Crippen LogP contribution >= 0.6 is 15.9 Å². The summed E-state index contributed by atoms with van der Waals surface area (Å²) in [4.78, 5) is 27.1. The summed E-state index contributed by atoms with van der Waals surface area (Å²) in [6.45, 7) is 7.36. The number of esters is 2. The molecule has 0 aromatic heterocycles. The number of carbonyl (C=O) groups is 2. The third-order valence-corrected chi connectivity index (χ3v) is 7.05. The lowest BCUT2D eigenvalue weighted by atomic mass is 9.69. The molecular weight excluding hydrogens is 412 g/mol. The van der Waals surface area contributed by atoms with Crippen LogP contribution in [0.25, 0.3) is 0 Å². The second-order valence-electron chi connectivity index (χ2n) is 8.20. The molecule has 1 N–H and O–H groups in total. The van der Waals surface area contributed by atoms with Gasteiger partial charge in [-0.05, 0) is 70.3 Å². The van der Waals surface area contributed by atoms with Crippen molar-refractivity contribution >= 4 is 27.9 Å². The van der Waals surface area contributed by atoms with Gasteiger partial charge in [0, 0.05) is 17.9 Å². The second-order valence-corrected chi connectivity index (χ2v) is 9.50. The lowest BCUT2D eigenvalue weighted by Gasteiger charge is -2.43. The lowest BCUT2D eigenvalue weighted by Crippen LogP contribution is -2.51. The molecule has 0 amide bonds. The molecule has 3 aliphatic rings. The van der Waals surface area contributed by atoms with Gasteiger partial charge in [0.2, 0.25) is 0 Å². The van der Waals surface area contributed by atoms with E-state index in [1.807, 2.05) is 13.8 Å². The van der Waals surface area contributed by atoms with Crippen LogP contribution in [0.2, 0.25) is 0 Å². The molecule has 7 heteroatoms. The van der Waals surface area contributed by atoms with Crippen LogP contribution in [0, 0.1) is 17.8 Å². The van der Waals surface area contributed by atoms with Crippen molar-refractivity contribution in [2.45, 2.75) is 62.9 Å². The molecule has 2 unspecified atom stereocenters. The number of halogens is 1. The standard InChI is InChI=1S/C20H33BrN2O4/c1-3-26-19(24)17-8-15-7-13(5-6-14(15)10-22-17)11-23-12-16(21)9-18(23)20(25)27-4-2/h13-18,22H,3-12H2,1-2H3/t13-,14-,15?,16-,17?,18-/m0/s1. The van der Waals surface area contributed by atoms with Crippen molar-refractivity contribution in [1.82, 2.24) is 10.2 Å². The molecule has 3 rings (SSSR count). The number of hydrogen-bond donors (Lipinski definition) is 1. The zero-order valence-corrected chi connectivity index (χ0v) is 18.1. The van der Waals surface area contributed by atoms with Crippen LogP contribution in [0.4, 0.5) is 0 Å². The monoisotopic (exact) mass is 444 g/mol. The number of nitrogens with zero attached hydrogens (tertiary/aromatic N) is 1. The van der Waals surface area contributed by atoms with Crippen LogP contribution in [-0.4, -0.2) is 66.6 Å². The Morgan fingerprint density at radius 1 is 1.04 bits per heavy atom. The second kappa shape index (κ2) is 9.70. The first-order chi connectivity index (χ1) is 13.0. The van der Waals surface area contributed by atoms with E-state index in [9.17, 15) is 9.59 Å². The first-order valence-corrected chi connectivity index (χ1v) is 11.4. The molecule has 2 aliphatic heterocycles. The van der Waals surface area contributed by atoms with Gasteiger partial charge < -0.3 is 14.8 Å². The van der Waals surface area contributed by atoms with E-state index in [1.54, 1.807) is 0 Å². The van der Waals surface area contributed by atoms with Gasteiger partial charge >= 0.3 is 11.9 Å². The van der Waals surface area contributed by atoms with Crippen molar-refractivity contribution in [1.29, 1.82) is 0 Å². The molecule has 0 aromatic carbocycles. The van der Waals surface area contributed by atoms with Crippen LogP contribution in [0.15, 0.2) is 0 Å². The lowest BCUT2D eigenvalue weighted by molar-refractivity contribution is -0.149. The Balaban J connectivity index is 1.55. The van der Waals surface area contributed by atoms with Gasteiger partial charge in [-0.3, -0.25) is 14.5 Å². The van der Waals surface area contributed by atoms with Crippen molar-refractivity contribution in [3.63, 3.8) is 0 Å². The Kier molecular flexibility index (Phi) is 7.57. The molecule has 0 bridgehead atoms. The summed E-state index contributed by atoms with van der Waals surface area (Å²) in [5, 5.41) is 3.38. The molecule has 1 aliphatic carbocycles. The van der Waals surface area contributed by atoms with E-state index < -0.39 is 0 Å². The van der Waals surface area contributed by atoms with E-state index in [0.717, 1.165) is 38.9 Å². The van der Waals surface area contributed by atoms with Gasteiger partial charge in [0.05, 0.1) is 13.2 Å². The van der Waals surface area contributed by atoms with E-state index in [4.69, 9.17) is 9.47 Å². The highest BCUT2D eigenvalue weighted by atomic mass is 79.9. The van der Waals surface area contributed by atoms with Crippen LogP contribution in [0.5, 0.6) is 0 Å². The Morgan fingerprint density at radius 3 is 2.52 bits per heavy atom. The van der Waals surface area contributed by atoms with Gasteiger partial charge in [-0.1, -0.05) is 15.9 Å². The van der Waals surface area contributed by atoms with Crippen LogP contribution in [-0.2, 0) is 19.1 Å².